The second kappa shape index (κ2) is 2.40. The average molecular weight is 175 g/mol. The number of rotatable bonds is 1. The molecule has 2 saturated heterocycles. The number of aliphatic hydroxyl groups excluding tert-OH is 4. The lowest BCUT2D eigenvalue weighted by Gasteiger charge is -2.34. The van der Waals surface area contributed by atoms with E-state index in [2.05, 4.69) is 5.32 Å². The van der Waals surface area contributed by atoms with E-state index < -0.39 is 23.9 Å². The Bertz CT molecular complexity index is 200. The zero-order valence-electron chi connectivity index (χ0n) is 6.51. The van der Waals surface area contributed by atoms with E-state index in [9.17, 15) is 15.3 Å². The van der Waals surface area contributed by atoms with Gasteiger partial charge in [0.15, 0.2) is 0 Å². The fraction of sp³-hybridized carbons (Fsp3) is 1.00. The molecule has 2 fully saturated rings. The summed E-state index contributed by atoms with van der Waals surface area (Å²) in [6.45, 7) is -0.358. The first-order valence-electron chi connectivity index (χ1n) is 4.04. The second-order valence-electron chi connectivity index (χ2n) is 3.64. The van der Waals surface area contributed by atoms with Gasteiger partial charge in [-0.2, -0.15) is 0 Å². The van der Waals surface area contributed by atoms with E-state index in [4.69, 9.17) is 5.11 Å². The van der Waals surface area contributed by atoms with E-state index in [0.717, 1.165) is 0 Å². The molecular formula is C7H13NO4. The first-order valence-corrected chi connectivity index (χ1v) is 4.04. The second-order valence-corrected chi connectivity index (χ2v) is 3.64. The van der Waals surface area contributed by atoms with E-state index >= 15 is 0 Å². The van der Waals surface area contributed by atoms with Gasteiger partial charge >= 0.3 is 0 Å². The lowest BCUT2D eigenvalue weighted by Crippen LogP contribution is -2.59. The number of aliphatic hydroxyl groups is 4. The minimum Gasteiger partial charge on any atom is -0.394 e. The first kappa shape index (κ1) is 8.40. The summed E-state index contributed by atoms with van der Waals surface area (Å²) in [5.41, 5.74) is -1.09. The Morgan fingerprint density at radius 3 is 2.42 bits per heavy atom. The van der Waals surface area contributed by atoms with Crippen LogP contribution < -0.4 is 5.32 Å². The van der Waals surface area contributed by atoms with E-state index in [-0.39, 0.29) is 12.6 Å². The summed E-state index contributed by atoms with van der Waals surface area (Å²) in [6, 6.07) is -0.290. The molecule has 0 spiro atoms. The van der Waals surface area contributed by atoms with Gasteiger partial charge in [-0.25, -0.2) is 0 Å². The van der Waals surface area contributed by atoms with E-state index in [1.807, 2.05) is 0 Å². The van der Waals surface area contributed by atoms with Crippen molar-refractivity contribution in [2.45, 2.75) is 36.3 Å². The molecule has 0 aliphatic carbocycles. The molecule has 0 aromatic heterocycles. The normalized spacial score (nSPS) is 58.0. The van der Waals surface area contributed by atoms with Gasteiger partial charge in [0.2, 0.25) is 0 Å². The highest BCUT2D eigenvalue weighted by Gasteiger charge is 2.61. The van der Waals surface area contributed by atoms with Gasteiger partial charge in [0, 0.05) is 6.04 Å². The standard InChI is InChI=1S/C7H13NO4/c9-2-7-4(10)1-3(8-7)5(11)6(7)12/h3-6,8-12H,1-2H2/t3-,4+,5-,6+,7+/m1/s1. The number of fused-ring (bicyclic) bond motifs is 2. The third-order valence-corrected chi connectivity index (χ3v) is 3.05. The molecule has 0 aromatic rings. The predicted molar refractivity (Wildman–Crippen MR) is 39.4 cm³/mol. The Morgan fingerprint density at radius 2 is 2.00 bits per heavy atom. The van der Waals surface area contributed by atoms with Crippen LogP contribution in [0.5, 0.6) is 0 Å². The molecule has 2 aliphatic heterocycles. The van der Waals surface area contributed by atoms with Crippen molar-refractivity contribution >= 4 is 0 Å². The van der Waals surface area contributed by atoms with Crippen molar-refractivity contribution in [1.29, 1.82) is 0 Å². The molecule has 2 bridgehead atoms. The van der Waals surface area contributed by atoms with Gasteiger partial charge in [-0.1, -0.05) is 0 Å². The largest absolute Gasteiger partial charge is 0.394 e. The Balaban J connectivity index is 2.29. The van der Waals surface area contributed by atoms with E-state index in [1.165, 1.54) is 0 Å². The molecule has 0 saturated carbocycles. The van der Waals surface area contributed by atoms with Crippen LogP contribution in [-0.2, 0) is 0 Å². The molecule has 12 heavy (non-hydrogen) atoms. The van der Waals surface area contributed by atoms with Gasteiger partial charge in [-0.05, 0) is 6.42 Å². The number of hydrogen-bond donors (Lipinski definition) is 5. The van der Waals surface area contributed by atoms with Crippen molar-refractivity contribution in [3.63, 3.8) is 0 Å². The van der Waals surface area contributed by atoms with Crippen molar-refractivity contribution in [3.8, 4) is 0 Å². The van der Waals surface area contributed by atoms with Crippen LogP contribution in [0.4, 0.5) is 0 Å². The molecule has 0 unspecified atom stereocenters. The topological polar surface area (TPSA) is 93.0 Å². The van der Waals surface area contributed by atoms with Gasteiger partial charge in [-0.3, -0.25) is 5.32 Å². The van der Waals surface area contributed by atoms with Crippen LogP contribution in [0.1, 0.15) is 6.42 Å². The minimum absolute atomic E-state index is 0.290. The van der Waals surface area contributed by atoms with Crippen LogP contribution in [0.3, 0.4) is 0 Å². The van der Waals surface area contributed by atoms with Crippen LogP contribution in [0, 0.1) is 0 Å². The molecule has 2 heterocycles. The number of hydrogen-bond acceptors (Lipinski definition) is 5. The van der Waals surface area contributed by atoms with Gasteiger partial charge in [0.1, 0.15) is 6.10 Å². The maximum Gasteiger partial charge on any atom is 0.104 e. The monoisotopic (exact) mass is 175 g/mol. The molecular weight excluding hydrogens is 162 g/mol. The summed E-state index contributed by atoms with van der Waals surface area (Å²) in [5.74, 6) is 0. The summed E-state index contributed by atoms with van der Waals surface area (Å²) in [4.78, 5) is 0. The third-order valence-electron chi connectivity index (χ3n) is 3.05. The Kier molecular flexibility index (Phi) is 1.68. The van der Waals surface area contributed by atoms with Crippen molar-refractivity contribution in [2.75, 3.05) is 6.61 Å². The highest BCUT2D eigenvalue weighted by Crippen LogP contribution is 2.37. The molecule has 2 aliphatic rings. The molecule has 0 amide bonds. The highest BCUT2D eigenvalue weighted by molar-refractivity contribution is 5.19. The fourth-order valence-corrected chi connectivity index (χ4v) is 2.23. The number of nitrogens with one attached hydrogen (secondary N) is 1. The smallest absolute Gasteiger partial charge is 0.104 e. The molecule has 2 rings (SSSR count). The van der Waals surface area contributed by atoms with Gasteiger partial charge in [-0.15, -0.1) is 0 Å². The Hall–Kier alpha value is -0.200. The van der Waals surface area contributed by atoms with Crippen molar-refractivity contribution in [3.05, 3.63) is 0 Å². The Labute approximate surface area is 69.6 Å². The lowest BCUT2D eigenvalue weighted by molar-refractivity contribution is -0.0802. The van der Waals surface area contributed by atoms with Crippen molar-refractivity contribution in [1.82, 2.24) is 5.32 Å². The minimum atomic E-state index is -1.09. The molecule has 0 radical (unpaired) electrons. The van der Waals surface area contributed by atoms with Crippen LogP contribution in [0.15, 0.2) is 0 Å². The first-order chi connectivity index (χ1) is 5.62. The summed E-state index contributed by atoms with van der Waals surface area (Å²) < 4.78 is 0. The molecule has 70 valence electrons. The van der Waals surface area contributed by atoms with Crippen LogP contribution in [0.25, 0.3) is 0 Å². The van der Waals surface area contributed by atoms with Gasteiger partial charge in [0.05, 0.1) is 24.4 Å². The predicted octanol–water partition coefficient (Wildman–Crippen LogP) is -2.82. The summed E-state index contributed by atoms with van der Waals surface area (Å²) in [7, 11) is 0. The molecule has 0 aromatic carbocycles. The molecule has 5 nitrogen and oxygen atoms in total. The van der Waals surface area contributed by atoms with Crippen molar-refractivity contribution in [2.24, 2.45) is 0 Å². The van der Waals surface area contributed by atoms with Crippen LogP contribution >= 0.6 is 0 Å². The fourth-order valence-electron chi connectivity index (χ4n) is 2.23. The zero-order valence-corrected chi connectivity index (χ0v) is 6.51. The summed E-state index contributed by atoms with van der Waals surface area (Å²) >= 11 is 0. The van der Waals surface area contributed by atoms with E-state index in [1.54, 1.807) is 0 Å². The highest BCUT2D eigenvalue weighted by atomic mass is 16.3. The zero-order chi connectivity index (χ0) is 8.93. The SMILES string of the molecule is OC[C@]12N[C@H](C[C@@H]1O)[C@@H](O)[C@@H]2O. The lowest BCUT2D eigenvalue weighted by atomic mass is 9.82. The van der Waals surface area contributed by atoms with Crippen LogP contribution in [0.2, 0.25) is 0 Å². The maximum absolute atomic E-state index is 9.48. The Morgan fingerprint density at radius 1 is 1.33 bits per heavy atom. The average Bonchev–Trinajstić information content (AvgIpc) is 2.50. The molecule has 5 heteroatoms. The van der Waals surface area contributed by atoms with Crippen molar-refractivity contribution < 1.29 is 20.4 Å². The van der Waals surface area contributed by atoms with Gasteiger partial charge in [0.25, 0.3) is 0 Å². The molecule has 5 N–H and O–H groups in total. The quantitative estimate of drug-likeness (QED) is 0.296. The summed E-state index contributed by atoms with van der Waals surface area (Å²) in [5, 5.41) is 40.2. The van der Waals surface area contributed by atoms with Crippen LogP contribution in [-0.4, -0.2) is 56.9 Å². The summed E-state index contributed by atoms with van der Waals surface area (Å²) in [6.07, 6.45) is -2.33. The van der Waals surface area contributed by atoms with E-state index in [0.29, 0.717) is 6.42 Å². The maximum atomic E-state index is 9.48. The third kappa shape index (κ3) is 0.750. The molecule has 5 atom stereocenters. The van der Waals surface area contributed by atoms with Gasteiger partial charge < -0.3 is 20.4 Å².